The third-order valence-corrected chi connectivity index (χ3v) is 6.97. The average molecular weight is 483 g/mol. The van der Waals surface area contributed by atoms with E-state index in [1.807, 2.05) is 55.5 Å². The monoisotopic (exact) mass is 482 g/mol. The average Bonchev–Trinajstić information content (AvgIpc) is 3.33. The third kappa shape index (κ3) is 5.03. The van der Waals surface area contributed by atoms with Crippen LogP contribution in [-0.4, -0.2) is 33.8 Å². The summed E-state index contributed by atoms with van der Waals surface area (Å²) in [5.74, 6) is 0.447. The predicted octanol–water partition coefficient (Wildman–Crippen LogP) is 6.42. The van der Waals surface area contributed by atoms with E-state index in [4.69, 9.17) is 4.74 Å². The van der Waals surface area contributed by atoms with Crippen LogP contribution < -0.4 is 4.74 Å². The number of para-hydroxylation sites is 1. The van der Waals surface area contributed by atoms with Crippen molar-refractivity contribution in [3.63, 3.8) is 0 Å². The first-order valence-electron chi connectivity index (χ1n) is 11.6. The highest BCUT2D eigenvalue weighted by Crippen LogP contribution is 2.34. The largest absolute Gasteiger partial charge is 0.492 e. The highest BCUT2D eigenvalue weighted by atomic mass is 32.2. The second-order valence-electron chi connectivity index (χ2n) is 8.71. The molecule has 0 atom stereocenters. The smallest absolute Gasteiger partial charge is 0.293 e. The number of benzene rings is 3. The van der Waals surface area contributed by atoms with Gasteiger partial charge < -0.3 is 9.30 Å². The van der Waals surface area contributed by atoms with E-state index in [0.717, 1.165) is 46.1 Å². The second-order valence-corrected chi connectivity index (χ2v) is 9.70. The number of nitrogens with zero attached hydrogens (tertiary/aromatic N) is 2. The van der Waals surface area contributed by atoms with Crippen molar-refractivity contribution in [3.8, 4) is 5.75 Å². The Bertz CT molecular complexity index is 1420. The van der Waals surface area contributed by atoms with Crippen molar-refractivity contribution in [2.75, 3.05) is 13.2 Å². The molecule has 0 saturated carbocycles. The topological polar surface area (TPSA) is 51.5 Å². The summed E-state index contributed by atoms with van der Waals surface area (Å²) in [6.07, 6.45) is 3.89. The van der Waals surface area contributed by atoms with Gasteiger partial charge in [-0.2, -0.15) is 0 Å². The van der Waals surface area contributed by atoms with Crippen molar-refractivity contribution in [3.05, 3.63) is 106 Å². The molecular weight excluding hydrogens is 456 g/mol. The molecule has 1 aliphatic heterocycles. The van der Waals surface area contributed by atoms with E-state index in [0.29, 0.717) is 4.91 Å². The van der Waals surface area contributed by atoms with E-state index in [1.54, 1.807) is 0 Å². The minimum atomic E-state index is -0.275. The van der Waals surface area contributed by atoms with Crippen LogP contribution >= 0.6 is 11.8 Å². The Morgan fingerprint density at radius 1 is 0.886 bits per heavy atom. The number of imide groups is 1. The Kier molecular flexibility index (Phi) is 6.47. The molecule has 1 aromatic heterocycles. The van der Waals surface area contributed by atoms with Crippen molar-refractivity contribution >= 4 is 39.9 Å². The molecule has 0 aliphatic carbocycles. The Hall–Kier alpha value is -3.77. The standard InChI is InChI=1S/C29H26N2O3S/c1-20-7-11-22(12-8-20)18-30-19-23(25-5-3-4-6-26(25)30)17-27-28(32)31(29(33)35-27)15-16-34-24-13-9-21(2)10-14-24/h3-14,17,19H,15-16,18H2,1-2H3/b27-17-. The fourth-order valence-electron chi connectivity index (χ4n) is 4.13. The van der Waals surface area contributed by atoms with Crippen LogP contribution in [0.4, 0.5) is 4.79 Å². The van der Waals surface area contributed by atoms with Gasteiger partial charge >= 0.3 is 0 Å². The first kappa shape index (κ1) is 23.0. The lowest BCUT2D eigenvalue weighted by Crippen LogP contribution is -2.32. The number of hydrogen-bond donors (Lipinski definition) is 0. The summed E-state index contributed by atoms with van der Waals surface area (Å²) in [5.41, 5.74) is 5.59. The number of carbonyl (C=O) groups is 2. The Labute approximate surface area is 209 Å². The third-order valence-electron chi connectivity index (χ3n) is 6.06. The van der Waals surface area contributed by atoms with Gasteiger partial charge in [-0.05, 0) is 55.4 Å². The number of thioether (sulfide) groups is 1. The molecule has 3 aromatic carbocycles. The summed E-state index contributed by atoms with van der Waals surface area (Å²) in [4.78, 5) is 27.3. The van der Waals surface area contributed by atoms with Crippen molar-refractivity contribution in [1.82, 2.24) is 9.47 Å². The van der Waals surface area contributed by atoms with Crippen molar-refractivity contribution in [2.24, 2.45) is 0 Å². The summed E-state index contributed by atoms with van der Waals surface area (Å²) < 4.78 is 7.91. The quantitative estimate of drug-likeness (QED) is 0.285. The molecule has 0 unspecified atom stereocenters. The van der Waals surface area contributed by atoms with E-state index >= 15 is 0 Å². The number of ether oxygens (including phenoxy) is 1. The van der Waals surface area contributed by atoms with Crippen molar-refractivity contribution < 1.29 is 14.3 Å². The molecule has 1 aliphatic rings. The number of carbonyl (C=O) groups excluding carboxylic acids is 2. The molecule has 0 spiro atoms. The number of fused-ring (bicyclic) bond motifs is 1. The van der Waals surface area contributed by atoms with Gasteiger partial charge in [0.05, 0.1) is 11.4 Å². The first-order chi connectivity index (χ1) is 17.0. The summed E-state index contributed by atoms with van der Waals surface area (Å²) in [6, 6.07) is 24.3. The van der Waals surface area contributed by atoms with Gasteiger partial charge in [-0.3, -0.25) is 14.5 Å². The summed E-state index contributed by atoms with van der Waals surface area (Å²) in [6.45, 7) is 5.28. The molecule has 5 nitrogen and oxygen atoms in total. The number of aromatic nitrogens is 1. The summed E-state index contributed by atoms with van der Waals surface area (Å²) in [7, 11) is 0. The van der Waals surface area contributed by atoms with Gasteiger partial charge in [0.25, 0.3) is 11.1 Å². The number of amides is 2. The lowest BCUT2D eigenvalue weighted by Gasteiger charge is -2.13. The number of aryl methyl sites for hydroxylation is 2. The molecule has 35 heavy (non-hydrogen) atoms. The SMILES string of the molecule is Cc1ccc(Cn2cc(/C=C3\SC(=O)N(CCOc4ccc(C)cc4)C3=O)c3ccccc32)cc1. The predicted molar refractivity (Wildman–Crippen MR) is 142 cm³/mol. The molecule has 0 radical (unpaired) electrons. The van der Waals surface area contributed by atoms with Crippen LogP contribution in [-0.2, 0) is 11.3 Å². The molecule has 5 rings (SSSR count). The molecule has 1 saturated heterocycles. The lowest BCUT2D eigenvalue weighted by atomic mass is 10.1. The summed E-state index contributed by atoms with van der Waals surface area (Å²) >= 11 is 0.982. The molecular formula is C29H26N2O3S. The van der Waals surface area contributed by atoms with E-state index in [2.05, 4.69) is 48.0 Å². The van der Waals surface area contributed by atoms with E-state index < -0.39 is 0 Å². The Morgan fingerprint density at radius 2 is 1.57 bits per heavy atom. The zero-order chi connectivity index (χ0) is 24.4. The van der Waals surface area contributed by atoms with E-state index in [-0.39, 0.29) is 24.3 Å². The zero-order valence-corrected chi connectivity index (χ0v) is 20.5. The molecule has 1 fully saturated rings. The van der Waals surface area contributed by atoms with Crippen LogP contribution in [0.3, 0.4) is 0 Å². The lowest BCUT2D eigenvalue weighted by molar-refractivity contribution is -0.123. The molecule has 0 bridgehead atoms. The molecule has 6 heteroatoms. The zero-order valence-electron chi connectivity index (χ0n) is 19.7. The van der Waals surface area contributed by atoms with Crippen LogP contribution in [0.5, 0.6) is 5.75 Å². The molecule has 2 amide bonds. The maximum atomic E-state index is 13.0. The second kappa shape index (κ2) is 9.84. The molecule has 2 heterocycles. The normalized spacial score (nSPS) is 14.9. The van der Waals surface area contributed by atoms with Crippen LogP contribution in [0.1, 0.15) is 22.3 Å². The van der Waals surface area contributed by atoms with Gasteiger partial charge in [-0.15, -0.1) is 0 Å². The maximum absolute atomic E-state index is 13.0. The van der Waals surface area contributed by atoms with Gasteiger partial charge in [0, 0.05) is 29.2 Å². The number of hydrogen-bond acceptors (Lipinski definition) is 4. The van der Waals surface area contributed by atoms with E-state index in [1.165, 1.54) is 16.0 Å². The summed E-state index contributed by atoms with van der Waals surface area (Å²) in [5, 5.41) is 0.784. The Morgan fingerprint density at radius 3 is 2.31 bits per heavy atom. The Balaban J connectivity index is 1.34. The molecule has 0 N–H and O–H groups in total. The highest BCUT2D eigenvalue weighted by Gasteiger charge is 2.35. The number of rotatable bonds is 7. The maximum Gasteiger partial charge on any atom is 0.293 e. The van der Waals surface area contributed by atoms with Gasteiger partial charge in [-0.1, -0.05) is 65.7 Å². The van der Waals surface area contributed by atoms with Crippen molar-refractivity contribution in [1.29, 1.82) is 0 Å². The molecule has 4 aromatic rings. The van der Waals surface area contributed by atoms with Gasteiger partial charge in [0.2, 0.25) is 0 Å². The highest BCUT2D eigenvalue weighted by molar-refractivity contribution is 8.18. The molecule has 176 valence electrons. The van der Waals surface area contributed by atoms with Crippen LogP contribution in [0.15, 0.2) is 83.9 Å². The van der Waals surface area contributed by atoms with Crippen molar-refractivity contribution in [2.45, 2.75) is 20.4 Å². The first-order valence-corrected chi connectivity index (χ1v) is 12.4. The van der Waals surface area contributed by atoms with Gasteiger partial charge in [-0.25, -0.2) is 0 Å². The minimum Gasteiger partial charge on any atom is -0.492 e. The van der Waals surface area contributed by atoms with Gasteiger partial charge in [0.1, 0.15) is 12.4 Å². The fraction of sp³-hybridized carbons (Fsp3) is 0.172. The van der Waals surface area contributed by atoms with Crippen LogP contribution in [0.2, 0.25) is 0 Å². The van der Waals surface area contributed by atoms with Crippen LogP contribution in [0, 0.1) is 13.8 Å². The van der Waals surface area contributed by atoms with E-state index in [9.17, 15) is 9.59 Å². The minimum absolute atomic E-state index is 0.213. The van der Waals surface area contributed by atoms with Gasteiger partial charge in [0.15, 0.2) is 0 Å². The van der Waals surface area contributed by atoms with Crippen LogP contribution in [0.25, 0.3) is 17.0 Å². The fourth-order valence-corrected chi connectivity index (χ4v) is 4.99.